The summed E-state index contributed by atoms with van der Waals surface area (Å²) in [6, 6.07) is -3.00. The highest BCUT2D eigenvalue weighted by atomic mass is 35.5. The Kier molecular flexibility index (Phi) is 6.63. The Morgan fingerprint density at radius 3 is 2.72 bits per heavy atom. The van der Waals surface area contributed by atoms with Gasteiger partial charge in [0.05, 0.1) is 30.9 Å². The van der Waals surface area contributed by atoms with E-state index < -0.39 is 34.2 Å². The van der Waals surface area contributed by atoms with Crippen molar-refractivity contribution >= 4 is 27.7 Å². The number of methoxy groups -OCH3 is 1. The van der Waals surface area contributed by atoms with Crippen LogP contribution in [0.4, 0.5) is 9.18 Å². The van der Waals surface area contributed by atoms with Crippen molar-refractivity contribution in [3.05, 3.63) is 23.2 Å². The van der Waals surface area contributed by atoms with Gasteiger partial charge in [0, 0.05) is 29.9 Å². The summed E-state index contributed by atoms with van der Waals surface area (Å²) in [6.07, 6.45) is 6.57. The number of nitrogens with one attached hydrogen (secondary N) is 1. The van der Waals surface area contributed by atoms with Crippen LogP contribution >= 0.6 is 11.6 Å². The van der Waals surface area contributed by atoms with Gasteiger partial charge in [-0.3, -0.25) is 4.90 Å². The van der Waals surface area contributed by atoms with Crippen LogP contribution in [0.25, 0.3) is 0 Å². The molecule has 0 spiro atoms. The summed E-state index contributed by atoms with van der Waals surface area (Å²) in [4.78, 5) is 22.6. The third-order valence-electron chi connectivity index (χ3n) is 7.01. The molecule has 1 aromatic heterocycles. The zero-order valence-electron chi connectivity index (χ0n) is 18.0. The zero-order valence-corrected chi connectivity index (χ0v) is 19.6. The molecule has 12 heteroatoms. The van der Waals surface area contributed by atoms with E-state index in [4.69, 9.17) is 21.1 Å². The first kappa shape index (κ1) is 23.6. The van der Waals surface area contributed by atoms with Crippen molar-refractivity contribution in [2.24, 2.45) is 5.92 Å². The highest BCUT2D eigenvalue weighted by Crippen LogP contribution is 2.61. The summed E-state index contributed by atoms with van der Waals surface area (Å²) in [5.41, 5.74) is -0.0102. The number of fused-ring (bicyclic) bond motifs is 1. The second-order valence-electron chi connectivity index (χ2n) is 8.99. The summed E-state index contributed by atoms with van der Waals surface area (Å²) in [5.74, 6) is 1.25. The summed E-state index contributed by atoms with van der Waals surface area (Å²) in [5, 5.41) is 0.512. The topological polar surface area (TPSA) is 111 Å². The van der Waals surface area contributed by atoms with Gasteiger partial charge in [0.25, 0.3) is 0 Å². The van der Waals surface area contributed by atoms with Gasteiger partial charge in [0.15, 0.2) is 0 Å². The van der Waals surface area contributed by atoms with Crippen LogP contribution in [0.15, 0.2) is 12.4 Å². The van der Waals surface area contributed by atoms with E-state index in [1.807, 2.05) is 0 Å². The number of halogens is 2. The number of likely N-dealkylation sites (tertiary alicyclic amines) is 1. The lowest BCUT2D eigenvalue weighted by molar-refractivity contribution is -0.0103. The molecular formula is C20H28ClFN4O5S. The van der Waals surface area contributed by atoms with E-state index in [1.165, 1.54) is 12.0 Å². The molecule has 3 aliphatic rings. The van der Waals surface area contributed by atoms with Crippen molar-refractivity contribution in [3.63, 3.8) is 0 Å². The van der Waals surface area contributed by atoms with E-state index in [0.29, 0.717) is 17.4 Å². The van der Waals surface area contributed by atoms with Crippen LogP contribution in [0.3, 0.4) is 0 Å². The smallest absolute Gasteiger partial charge is 0.410 e. The van der Waals surface area contributed by atoms with Crippen LogP contribution in [0.1, 0.15) is 44.9 Å². The van der Waals surface area contributed by atoms with E-state index in [-0.39, 0.29) is 24.2 Å². The van der Waals surface area contributed by atoms with Gasteiger partial charge in [-0.25, -0.2) is 32.3 Å². The molecule has 2 aliphatic carbocycles. The van der Waals surface area contributed by atoms with Crippen LogP contribution in [0.2, 0.25) is 5.02 Å². The molecule has 6 atom stereocenters. The Balaban J connectivity index is 1.40. The van der Waals surface area contributed by atoms with Crippen LogP contribution in [-0.2, 0) is 24.9 Å². The fraction of sp³-hybridized carbons (Fsp3) is 0.750. The van der Waals surface area contributed by atoms with Crippen molar-refractivity contribution in [3.8, 4) is 0 Å². The van der Waals surface area contributed by atoms with Gasteiger partial charge in [-0.1, -0.05) is 11.6 Å². The summed E-state index contributed by atoms with van der Waals surface area (Å²) >= 11 is 5.91. The van der Waals surface area contributed by atoms with Gasteiger partial charge in [0.1, 0.15) is 5.82 Å². The molecule has 32 heavy (non-hydrogen) atoms. The molecule has 3 fully saturated rings. The van der Waals surface area contributed by atoms with Crippen LogP contribution in [0, 0.1) is 5.92 Å². The van der Waals surface area contributed by atoms with E-state index in [0.717, 1.165) is 31.5 Å². The second-order valence-corrected chi connectivity index (χ2v) is 11.1. The van der Waals surface area contributed by atoms with Crippen molar-refractivity contribution in [1.82, 2.24) is 19.6 Å². The molecule has 1 N–H and O–H groups in total. The van der Waals surface area contributed by atoms with Crippen molar-refractivity contribution in [2.75, 3.05) is 19.7 Å². The summed E-state index contributed by atoms with van der Waals surface area (Å²) in [7, 11) is -2.80. The number of rotatable bonds is 7. The van der Waals surface area contributed by atoms with E-state index in [9.17, 15) is 17.6 Å². The minimum Gasteiger partial charge on any atom is -0.453 e. The minimum atomic E-state index is -4.08. The lowest BCUT2D eigenvalue weighted by Gasteiger charge is -2.32. The minimum absolute atomic E-state index is 0.0102. The Labute approximate surface area is 192 Å². The first-order valence-electron chi connectivity index (χ1n) is 10.7. The molecule has 0 radical (unpaired) electrons. The maximum absolute atomic E-state index is 12.9. The Bertz CT molecular complexity index is 952. The largest absolute Gasteiger partial charge is 0.453 e. The Hall–Kier alpha value is -1.56. The normalized spacial score (nSPS) is 34.2. The fourth-order valence-electron chi connectivity index (χ4n) is 5.36. The number of aromatic nitrogens is 2. The fourth-order valence-corrected chi connectivity index (χ4v) is 6.23. The molecule has 1 aliphatic heterocycles. The van der Waals surface area contributed by atoms with Gasteiger partial charge in [-0.2, -0.15) is 0 Å². The number of carbonyl (C=O) groups is 1. The van der Waals surface area contributed by atoms with E-state index in [1.54, 1.807) is 19.3 Å². The lowest BCUT2D eigenvalue weighted by atomic mass is 9.86. The molecule has 2 saturated carbocycles. The Morgan fingerprint density at radius 2 is 2.09 bits per heavy atom. The van der Waals surface area contributed by atoms with Gasteiger partial charge >= 0.3 is 6.09 Å². The van der Waals surface area contributed by atoms with Crippen molar-refractivity contribution in [2.45, 2.75) is 68.7 Å². The molecule has 1 amide bonds. The molecule has 0 aromatic carbocycles. The van der Waals surface area contributed by atoms with E-state index >= 15 is 0 Å². The van der Waals surface area contributed by atoms with Crippen LogP contribution in [0.5, 0.6) is 0 Å². The molecule has 1 saturated heterocycles. The van der Waals surface area contributed by atoms with Crippen molar-refractivity contribution in [1.29, 1.82) is 0 Å². The average Bonchev–Trinajstić information content (AvgIpc) is 3.42. The number of amides is 1. The molecule has 178 valence electrons. The summed E-state index contributed by atoms with van der Waals surface area (Å²) < 4.78 is 50.0. The maximum atomic E-state index is 12.9. The number of carbonyl (C=O) groups excluding carboxylic acids is 1. The molecule has 9 nitrogen and oxygen atoms in total. The predicted molar refractivity (Wildman–Crippen MR) is 114 cm³/mol. The number of alkyl halides is 1. The second kappa shape index (κ2) is 9.00. The van der Waals surface area contributed by atoms with Crippen molar-refractivity contribution < 1.29 is 27.1 Å². The standard InChI is InChI=1S/C20H28ClFN4O5S/c1-12-5-16(25-32(28,29)11-22)17(26(12)19(27)30-2)10-31-15-3-4-20(7-13(20)6-15)18-23-8-14(21)9-24-18/h8-9,12-13,15-17,25H,3-7,10-11H2,1-2H3/t12-,13?,15?,16+,17+,20?/m1/s1. The van der Waals surface area contributed by atoms with Gasteiger partial charge < -0.3 is 9.47 Å². The Morgan fingerprint density at radius 1 is 1.38 bits per heavy atom. The number of sulfonamides is 1. The quantitative estimate of drug-likeness (QED) is 0.624. The molecule has 3 unspecified atom stereocenters. The van der Waals surface area contributed by atoms with E-state index in [2.05, 4.69) is 14.7 Å². The maximum Gasteiger partial charge on any atom is 0.410 e. The number of hydrogen-bond acceptors (Lipinski definition) is 7. The first-order chi connectivity index (χ1) is 15.2. The summed E-state index contributed by atoms with van der Waals surface area (Å²) in [6.45, 7) is 1.94. The average molecular weight is 491 g/mol. The van der Waals surface area contributed by atoms with Crippen LogP contribution in [-0.4, -0.2) is 73.3 Å². The highest BCUT2D eigenvalue weighted by molar-refractivity contribution is 7.89. The SMILES string of the molecule is COC(=O)N1[C@H](C)C[C@H](NS(=O)(=O)CF)[C@@H]1COC1CCC2(c3ncc(Cl)cn3)CC2C1. The molecule has 0 bridgehead atoms. The van der Waals surface area contributed by atoms with Gasteiger partial charge in [0.2, 0.25) is 16.0 Å². The van der Waals surface area contributed by atoms with Gasteiger partial charge in [-0.15, -0.1) is 0 Å². The number of ether oxygens (including phenoxy) is 2. The highest BCUT2D eigenvalue weighted by Gasteiger charge is 2.60. The molecule has 2 heterocycles. The molecule has 4 rings (SSSR count). The van der Waals surface area contributed by atoms with Crippen LogP contribution < -0.4 is 4.72 Å². The zero-order chi connectivity index (χ0) is 23.1. The number of hydrogen-bond donors (Lipinski definition) is 1. The van der Waals surface area contributed by atoms with Gasteiger partial charge in [-0.05, 0) is 44.9 Å². The monoisotopic (exact) mass is 490 g/mol. The molecular weight excluding hydrogens is 463 g/mol. The first-order valence-corrected chi connectivity index (χ1v) is 12.7. The molecule has 1 aromatic rings. The third kappa shape index (κ3) is 4.57. The predicted octanol–water partition coefficient (Wildman–Crippen LogP) is 2.40. The lowest BCUT2D eigenvalue weighted by Crippen LogP contribution is -2.50. The number of nitrogens with zero attached hydrogens (tertiary/aromatic N) is 3. The third-order valence-corrected chi connectivity index (χ3v) is 8.16.